The van der Waals surface area contributed by atoms with Gasteiger partial charge in [0.1, 0.15) is 0 Å². The van der Waals surface area contributed by atoms with Crippen LogP contribution in [0.2, 0.25) is 0 Å². The Balaban J connectivity index is 1.32. The molecule has 2 aliphatic rings. The SMILES string of the molecule is CCCC1CCN(C[C@@H]2CCCCC2NC(=O)c2ccc(-n3cccn3)nc2)CC1. The highest BCUT2D eigenvalue weighted by molar-refractivity contribution is 5.94. The minimum atomic E-state index is -0.00642. The summed E-state index contributed by atoms with van der Waals surface area (Å²) in [6, 6.07) is 5.82. The maximum atomic E-state index is 12.9. The van der Waals surface area contributed by atoms with Crippen molar-refractivity contribution in [3.8, 4) is 5.82 Å². The van der Waals surface area contributed by atoms with Crippen molar-refractivity contribution < 1.29 is 4.79 Å². The van der Waals surface area contributed by atoms with Crippen LogP contribution in [-0.2, 0) is 0 Å². The van der Waals surface area contributed by atoms with Crippen molar-refractivity contribution in [1.82, 2.24) is 25.0 Å². The lowest BCUT2D eigenvalue weighted by molar-refractivity contribution is 0.0863. The second-order valence-electron chi connectivity index (χ2n) is 9.01. The van der Waals surface area contributed by atoms with Crippen molar-refractivity contribution >= 4 is 5.91 Å². The molecule has 4 rings (SSSR count). The Morgan fingerprint density at radius 3 is 2.70 bits per heavy atom. The van der Waals surface area contributed by atoms with Crippen LogP contribution in [0.3, 0.4) is 0 Å². The van der Waals surface area contributed by atoms with Crippen molar-refractivity contribution in [1.29, 1.82) is 0 Å². The fraction of sp³-hybridized carbons (Fsp3) is 0.625. The van der Waals surface area contributed by atoms with Gasteiger partial charge in [-0.05, 0) is 68.8 Å². The van der Waals surface area contributed by atoms with Gasteiger partial charge in [-0.15, -0.1) is 0 Å². The van der Waals surface area contributed by atoms with Crippen LogP contribution in [0.5, 0.6) is 0 Å². The van der Waals surface area contributed by atoms with E-state index in [0.717, 1.165) is 24.7 Å². The second-order valence-corrected chi connectivity index (χ2v) is 9.01. The lowest BCUT2D eigenvalue weighted by Gasteiger charge is -2.39. The molecule has 1 saturated carbocycles. The Hall–Kier alpha value is -2.21. The summed E-state index contributed by atoms with van der Waals surface area (Å²) < 4.78 is 1.70. The zero-order chi connectivity index (χ0) is 20.8. The van der Waals surface area contributed by atoms with Crippen molar-refractivity contribution in [2.24, 2.45) is 11.8 Å². The smallest absolute Gasteiger partial charge is 0.253 e. The molecule has 2 aromatic heterocycles. The van der Waals surface area contributed by atoms with E-state index in [9.17, 15) is 4.79 Å². The summed E-state index contributed by atoms with van der Waals surface area (Å²) in [4.78, 5) is 19.9. The highest BCUT2D eigenvalue weighted by Gasteiger charge is 2.29. The van der Waals surface area contributed by atoms with Crippen LogP contribution in [0.25, 0.3) is 5.82 Å². The maximum Gasteiger partial charge on any atom is 0.253 e. The summed E-state index contributed by atoms with van der Waals surface area (Å²) in [6.07, 6.45) is 15.4. The van der Waals surface area contributed by atoms with Crippen molar-refractivity contribution in [2.75, 3.05) is 19.6 Å². The molecule has 6 heteroatoms. The van der Waals surface area contributed by atoms with E-state index in [1.807, 2.05) is 24.4 Å². The molecule has 2 aromatic rings. The van der Waals surface area contributed by atoms with E-state index in [4.69, 9.17) is 0 Å². The first kappa shape index (κ1) is 21.0. The molecule has 1 aliphatic heterocycles. The topological polar surface area (TPSA) is 63.1 Å². The van der Waals surface area contributed by atoms with Crippen molar-refractivity contribution in [3.63, 3.8) is 0 Å². The quantitative estimate of drug-likeness (QED) is 0.749. The van der Waals surface area contributed by atoms with E-state index in [2.05, 4.69) is 27.2 Å². The molecular weight excluding hydrogens is 374 g/mol. The summed E-state index contributed by atoms with van der Waals surface area (Å²) in [7, 11) is 0. The van der Waals surface area contributed by atoms with Gasteiger partial charge in [-0.25, -0.2) is 9.67 Å². The number of hydrogen-bond acceptors (Lipinski definition) is 4. The van der Waals surface area contributed by atoms with Crippen LogP contribution in [-0.4, -0.2) is 51.2 Å². The monoisotopic (exact) mass is 409 g/mol. The van der Waals surface area contributed by atoms with Crippen molar-refractivity contribution in [2.45, 2.75) is 64.3 Å². The standard InChI is InChI=1S/C24H35N5O/c1-2-6-19-11-15-28(16-12-19)18-21-7-3-4-8-22(21)27-24(30)20-9-10-23(25-17-20)29-14-5-13-26-29/h5,9-10,13-14,17,19,21-22H,2-4,6-8,11-12,15-16,18H2,1H3,(H,27,30)/t21-,22?/m0/s1. The molecular formula is C24H35N5O. The molecule has 1 amide bonds. The van der Waals surface area contributed by atoms with Gasteiger partial charge in [0.25, 0.3) is 5.91 Å². The fourth-order valence-electron chi connectivity index (χ4n) is 5.13. The third-order valence-corrected chi connectivity index (χ3v) is 6.87. The van der Waals surface area contributed by atoms with E-state index >= 15 is 0 Å². The van der Waals surface area contributed by atoms with E-state index in [0.29, 0.717) is 11.5 Å². The van der Waals surface area contributed by atoms with E-state index in [1.165, 1.54) is 58.0 Å². The van der Waals surface area contributed by atoms with Gasteiger partial charge in [0.05, 0.1) is 5.56 Å². The first-order valence-electron chi connectivity index (χ1n) is 11.7. The van der Waals surface area contributed by atoms with E-state index < -0.39 is 0 Å². The Bertz CT molecular complexity index is 780. The van der Waals surface area contributed by atoms with Crippen LogP contribution in [0.15, 0.2) is 36.8 Å². The third-order valence-electron chi connectivity index (χ3n) is 6.87. The Kier molecular flexibility index (Phi) is 7.16. The van der Waals surface area contributed by atoms with Gasteiger partial charge in [-0.1, -0.05) is 32.6 Å². The normalized spacial score (nSPS) is 23.4. The highest BCUT2D eigenvalue weighted by Crippen LogP contribution is 2.28. The molecule has 3 heterocycles. The number of nitrogens with zero attached hydrogens (tertiary/aromatic N) is 4. The van der Waals surface area contributed by atoms with Gasteiger partial charge in [-0.3, -0.25) is 4.79 Å². The minimum Gasteiger partial charge on any atom is -0.349 e. The number of hydrogen-bond donors (Lipinski definition) is 1. The first-order chi connectivity index (χ1) is 14.7. The summed E-state index contributed by atoms with van der Waals surface area (Å²) in [5.41, 5.74) is 0.621. The van der Waals surface area contributed by atoms with Gasteiger partial charge in [0.2, 0.25) is 0 Å². The number of carbonyl (C=O) groups is 1. The largest absolute Gasteiger partial charge is 0.349 e. The molecule has 6 nitrogen and oxygen atoms in total. The number of pyridine rings is 1. The van der Waals surface area contributed by atoms with Gasteiger partial charge in [0.15, 0.2) is 5.82 Å². The van der Waals surface area contributed by atoms with Gasteiger partial charge in [-0.2, -0.15) is 5.10 Å². The number of rotatable bonds is 7. The van der Waals surface area contributed by atoms with Crippen LogP contribution in [0.4, 0.5) is 0 Å². The number of aromatic nitrogens is 3. The van der Waals surface area contributed by atoms with E-state index in [1.54, 1.807) is 17.1 Å². The molecule has 1 unspecified atom stereocenters. The lowest BCUT2D eigenvalue weighted by atomic mass is 9.83. The average molecular weight is 410 g/mol. The molecule has 30 heavy (non-hydrogen) atoms. The fourth-order valence-corrected chi connectivity index (χ4v) is 5.13. The molecule has 2 atom stereocenters. The zero-order valence-electron chi connectivity index (χ0n) is 18.2. The second kappa shape index (κ2) is 10.2. The van der Waals surface area contributed by atoms with Crippen LogP contribution in [0.1, 0.15) is 68.6 Å². The third kappa shape index (κ3) is 5.28. The highest BCUT2D eigenvalue weighted by atomic mass is 16.1. The van der Waals surface area contributed by atoms with Gasteiger partial charge >= 0.3 is 0 Å². The minimum absolute atomic E-state index is 0.00642. The van der Waals surface area contributed by atoms with Crippen molar-refractivity contribution in [3.05, 3.63) is 42.4 Å². The van der Waals surface area contributed by atoms with E-state index in [-0.39, 0.29) is 11.9 Å². The predicted octanol–water partition coefficient (Wildman–Crippen LogP) is 4.07. The predicted molar refractivity (Wildman–Crippen MR) is 119 cm³/mol. The molecule has 0 radical (unpaired) electrons. The Morgan fingerprint density at radius 2 is 2.00 bits per heavy atom. The number of nitrogens with one attached hydrogen (secondary N) is 1. The average Bonchev–Trinajstić information content (AvgIpc) is 3.32. The summed E-state index contributed by atoms with van der Waals surface area (Å²) in [5.74, 6) is 2.19. The van der Waals surface area contributed by atoms with Crippen LogP contribution in [0, 0.1) is 11.8 Å². The number of carbonyl (C=O) groups excluding carboxylic acids is 1. The zero-order valence-corrected chi connectivity index (χ0v) is 18.2. The van der Waals surface area contributed by atoms with Crippen LogP contribution >= 0.6 is 0 Å². The number of likely N-dealkylation sites (tertiary alicyclic amines) is 1. The summed E-state index contributed by atoms with van der Waals surface area (Å²) >= 11 is 0. The molecule has 1 N–H and O–H groups in total. The first-order valence-corrected chi connectivity index (χ1v) is 11.7. The Labute approximate surface area is 180 Å². The van der Waals surface area contributed by atoms with Gasteiger partial charge < -0.3 is 10.2 Å². The summed E-state index contributed by atoms with van der Waals surface area (Å²) in [5, 5.41) is 7.51. The molecule has 1 aliphatic carbocycles. The molecule has 0 spiro atoms. The van der Waals surface area contributed by atoms with Crippen LogP contribution < -0.4 is 5.32 Å². The lowest BCUT2D eigenvalue weighted by Crippen LogP contribution is -2.47. The molecule has 0 bridgehead atoms. The summed E-state index contributed by atoms with van der Waals surface area (Å²) in [6.45, 7) is 5.86. The molecule has 2 fully saturated rings. The number of piperidine rings is 1. The maximum absolute atomic E-state index is 12.9. The molecule has 1 saturated heterocycles. The number of amides is 1. The van der Waals surface area contributed by atoms with Gasteiger partial charge in [0, 0.05) is 31.2 Å². The molecule has 162 valence electrons. The molecule has 0 aromatic carbocycles. The Morgan fingerprint density at radius 1 is 1.17 bits per heavy atom.